The zero-order valence-corrected chi connectivity index (χ0v) is 13.3. The predicted molar refractivity (Wildman–Crippen MR) is 79.4 cm³/mol. The summed E-state index contributed by atoms with van der Waals surface area (Å²) in [6, 6.07) is 6.03. The summed E-state index contributed by atoms with van der Waals surface area (Å²) in [5.41, 5.74) is 1.18. The van der Waals surface area contributed by atoms with E-state index in [1.807, 2.05) is 32.0 Å². The lowest BCUT2D eigenvalue weighted by molar-refractivity contribution is -0.133. The molecule has 0 aliphatic carbocycles. The molecule has 4 nitrogen and oxygen atoms in total. The molecule has 0 fully saturated rings. The number of rotatable bonds is 9. The summed E-state index contributed by atoms with van der Waals surface area (Å²) in [4.78, 5) is 0. The van der Waals surface area contributed by atoms with E-state index in [9.17, 15) is 0 Å². The molecular formula is C14H22BrNO3. The molecule has 0 unspecified atom stereocenters. The Balaban J connectivity index is 2.41. The molecule has 1 aromatic rings. The van der Waals surface area contributed by atoms with Gasteiger partial charge in [-0.25, -0.2) is 0 Å². The monoisotopic (exact) mass is 331 g/mol. The molecule has 0 radical (unpaired) electrons. The molecular weight excluding hydrogens is 310 g/mol. The van der Waals surface area contributed by atoms with Gasteiger partial charge in [-0.2, -0.15) is 0 Å². The summed E-state index contributed by atoms with van der Waals surface area (Å²) in [5, 5.41) is 3.32. The summed E-state index contributed by atoms with van der Waals surface area (Å²) in [7, 11) is 1.66. The second-order valence-corrected chi connectivity index (χ2v) is 4.79. The van der Waals surface area contributed by atoms with Crippen molar-refractivity contribution in [3.05, 3.63) is 28.2 Å². The fraction of sp³-hybridized carbons (Fsp3) is 0.571. The summed E-state index contributed by atoms with van der Waals surface area (Å²) >= 11 is 3.48. The molecule has 19 heavy (non-hydrogen) atoms. The van der Waals surface area contributed by atoms with Gasteiger partial charge in [-0.3, -0.25) is 0 Å². The molecule has 0 spiro atoms. The number of ether oxygens (including phenoxy) is 3. The van der Waals surface area contributed by atoms with Crippen molar-refractivity contribution in [1.82, 2.24) is 5.32 Å². The van der Waals surface area contributed by atoms with Gasteiger partial charge in [-0.05, 0) is 47.5 Å². The molecule has 1 rings (SSSR count). The minimum absolute atomic E-state index is 0.184. The van der Waals surface area contributed by atoms with Crippen LogP contribution >= 0.6 is 15.9 Å². The molecule has 0 aliphatic heterocycles. The van der Waals surface area contributed by atoms with Crippen LogP contribution in [-0.4, -0.2) is 33.2 Å². The normalized spacial score (nSPS) is 11.0. The quantitative estimate of drug-likeness (QED) is 0.706. The van der Waals surface area contributed by atoms with E-state index in [1.165, 1.54) is 5.56 Å². The summed E-state index contributed by atoms with van der Waals surface area (Å²) in [5.74, 6) is 0.838. The maximum atomic E-state index is 5.47. The Hall–Kier alpha value is -0.620. The fourth-order valence-corrected chi connectivity index (χ4v) is 2.28. The Kier molecular flexibility index (Phi) is 8.05. The fourth-order valence-electron chi connectivity index (χ4n) is 1.69. The first-order valence-electron chi connectivity index (χ1n) is 6.47. The van der Waals surface area contributed by atoms with Gasteiger partial charge >= 0.3 is 0 Å². The third kappa shape index (κ3) is 5.91. The van der Waals surface area contributed by atoms with Crippen molar-refractivity contribution in [3.63, 3.8) is 0 Å². The second kappa shape index (κ2) is 9.31. The summed E-state index contributed by atoms with van der Waals surface area (Å²) in [6.07, 6.45) is -0.184. The van der Waals surface area contributed by atoms with Crippen LogP contribution in [0.2, 0.25) is 0 Å². The average Bonchev–Trinajstić information content (AvgIpc) is 2.39. The van der Waals surface area contributed by atoms with Gasteiger partial charge in [0.15, 0.2) is 6.29 Å². The highest BCUT2D eigenvalue weighted by atomic mass is 79.9. The van der Waals surface area contributed by atoms with E-state index >= 15 is 0 Å². The van der Waals surface area contributed by atoms with Crippen LogP contribution in [0.15, 0.2) is 22.7 Å². The number of hydrogen-bond acceptors (Lipinski definition) is 4. The van der Waals surface area contributed by atoms with Gasteiger partial charge in [0.05, 0.1) is 11.6 Å². The average molecular weight is 332 g/mol. The van der Waals surface area contributed by atoms with Crippen molar-refractivity contribution in [2.75, 3.05) is 26.9 Å². The van der Waals surface area contributed by atoms with Gasteiger partial charge in [0.1, 0.15) is 5.75 Å². The molecule has 0 heterocycles. The van der Waals surface area contributed by atoms with Gasteiger partial charge in [-0.15, -0.1) is 0 Å². The Morgan fingerprint density at radius 2 is 1.89 bits per heavy atom. The SMILES string of the molecule is CCOC(CNCc1ccc(OC)c(Br)c1)OCC. The topological polar surface area (TPSA) is 39.7 Å². The number of benzene rings is 1. The van der Waals surface area contributed by atoms with Crippen LogP contribution in [0.5, 0.6) is 5.75 Å². The Morgan fingerprint density at radius 3 is 2.42 bits per heavy atom. The largest absolute Gasteiger partial charge is 0.496 e. The lowest BCUT2D eigenvalue weighted by Crippen LogP contribution is -2.31. The van der Waals surface area contributed by atoms with Crippen molar-refractivity contribution in [3.8, 4) is 5.75 Å². The first-order chi connectivity index (χ1) is 9.21. The molecule has 1 N–H and O–H groups in total. The highest BCUT2D eigenvalue weighted by molar-refractivity contribution is 9.10. The molecule has 1 aromatic carbocycles. The van der Waals surface area contributed by atoms with Crippen LogP contribution in [0.4, 0.5) is 0 Å². The van der Waals surface area contributed by atoms with Crippen molar-refractivity contribution in [1.29, 1.82) is 0 Å². The van der Waals surface area contributed by atoms with E-state index in [4.69, 9.17) is 14.2 Å². The second-order valence-electron chi connectivity index (χ2n) is 3.94. The minimum Gasteiger partial charge on any atom is -0.496 e. The molecule has 0 aliphatic rings. The third-order valence-electron chi connectivity index (χ3n) is 2.56. The zero-order chi connectivity index (χ0) is 14.1. The Morgan fingerprint density at radius 1 is 1.21 bits per heavy atom. The smallest absolute Gasteiger partial charge is 0.169 e. The van der Waals surface area contributed by atoms with Gasteiger partial charge in [0.25, 0.3) is 0 Å². The van der Waals surface area contributed by atoms with Crippen LogP contribution in [0, 0.1) is 0 Å². The molecule has 0 saturated carbocycles. The highest BCUT2D eigenvalue weighted by Gasteiger charge is 2.07. The molecule has 108 valence electrons. The minimum atomic E-state index is -0.184. The van der Waals surface area contributed by atoms with Gasteiger partial charge in [0.2, 0.25) is 0 Å². The molecule has 0 amide bonds. The number of hydrogen-bond donors (Lipinski definition) is 1. The molecule has 0 saturated heterocycles. The van der Waals surface area contributed by atoms with Crippen molar-refractivity contribution < 1.29 is 14.2 Å². The van der Waals surface area contributed by atoms with Crippen molar-refractivity contribution >= 4 is 15.9 Å². The van der Waals surface area contributed by atoms with E-state index in [0.29, 0.717) is 19.8 Å². The van der Waals surface area contributed by atoms with E-state index in [1.54, 1.807) is 7.11 Å². The predicted octanol–water partition coefficient (Wildman–Crippen LogP) is 2.95. The molecule has 5 heteroatoms. The van der Waals surface area contributed by atoms with Crippen molar-refractivity contribution in [2.24, 2.45) is 0 Å². The summed E-state index contributed by atoms with van der Waals surface area (Å²) in [6.45, 7) is 6.67. The van der Waals surface area contributed by atoms with Crippen LogP contribution in [0.25, 0.3) is 0 Å². The van der Waals surface area contributed by atoms with E-state index in [0.717, 1.165) is 16.8 Å². The van der Waals surface area contributed by atoms with Crippen LogP contribution in [-0.2, 0) is 16.0 Å². The first kappa shape index (κ1) is 16.4. The van der Waals surface area contributed by atoms with Crippen LogP contribution in [0.1, 0.15) is 19.4 Å². The Bertz CT molecular complexity index is 368. The highest BCUT2D eigenvalue weighted by Crippen LogP contribution is 2.25. The zero-order valence-electron chi connectivity index (χ0n) is 11.7. The van der Waals surface area contributed by atoms with Gasteiger partial charge < -0.3 is 19.5 Å². The standard InChI is InChI=1S/C14H22BrNO3/c1-4-18-14(19-5-2)10-16-9-11-6-7-13(17-3)12(15)8-11/h6-8,14,16H,4-5,9-10H2,1-3H3. The van der Waals surface area contributed by atoms with Crippen LogP contribution < -0.4 is 10.1 Å². The Labute approximate surface area is 123 Å². The number of halogens is 1. The van der Waals surface area contributed by atoms with Crippen LogP contribution in [0.3, 0.4) is 0 Å². The number of nitrogens with one attached hydrogen (secondary N) is 1. The lowest BCUT2D eigenvalue weighted by atomic mass is 10.2. The van der Waals surface area contributed by atoms with E-state index < -0.39 is 0 Å². The third-order valence-corrected chi connectivity index (χ3v) is 3.18. The van der Waals surface area contributed by atoms with Gasteiger partial charge in [0, 0.05) is 26.3 Å². The molecule has 0 atom stereocenters. The first-order valence-corrected chi connectivity index (χ1v) is 7.26. The maximum Gasteiger partial charge on any atom is 0.169 e. The van der Waals surface area contributed by atoms with Crippen molar-refractivity contribution in [2.45, 2.75) is 26.7 Å². The van der Waals surface area contributed by atoms with E-state index in [2.05, 4.69) is 21.2 Å². The van der Waals surface area contributed by atoms with E-state index in [-0.39, 0.29) is 6.29 Å². The molecule has 0 bridgehead atoms. The molecule has 0 aromatic heterocycles. The lowest BCUT2D eigenvalue weighted by Gasteiger charge is -2.17. The van der Waals surface area contributed by atoms with Gasteiger partial charge in [-0.1, -0.05) is 6.07 Å². The maximum absolute atomic E-state index is 5.47. The summed E-state index contributed by atoms with van der Waals surface area (Å²) < 4.78 is 17.1. The number of methoxy groups -OCH3 is 1.